The van der Waals surface area contributed by atoms with Crippen molar-refractivity contribution in [2.75, 3.05) is 5.32 Å². The lowest BCUT2D eigenvalue weighted by atomic mass is 10.0. The molecule has 4 rings (SSSR count). The fourth-order valence-corrected chi connectivity index (χ4v) is 3.07. The Morgan fingerprint density at radius 1 is 0.778 bits per heavy atom. The quantitative estimate of drug-likeness (QED) is 0.435. The van der Waals surface area contributed by atoms with Crippen molar-refractivity contribution in [3.05, 3.63) is 84.7 Å². The third-order valence-electron chi connectivity index (χ3n) is 4.37. The number of hydrogen-bond acceptors (Lipinski definition) is 3. The van der Waals surface area contributed by atoms with Gasteiger partial charge in [-0.25, -0.2) is 0 Å². The van der Waals surface area contributed by atoms with E-state index in [9.17, 15) is 9.59 Å². The molecule has 3 aromatic carbocycles. The highest BCUT2D eigenvalue weighted by Gasteiger charge is 2.16. The SMILES string of the molecule is O=C(NCc1ccccn1)C(=O)Nc1c2ccccc2cc2ccccc12. The molecule has 0 unspecified atom stereocenters. The second-order valence-corrected chi connectivity index (χ2v) is 6.15. The molecule has 4 aromatic rings. The molecule has 0 bridgehead atoms. The van der Waals surface area contributed by atoms with Crippen molar-refractivity contribution in [3.63, 3.8) is 0 Å². The third-order valence-corrected chi connectivity index (χ3v) is 4.37. The number of anilines is 1. The van der Waals surface area contributed by atoms with Gasteiger partial charge in [0.05, 0.1) is 17.9 Å². The Morgan fingerprint density at radius 3 is 2.04 bits per heavy atom. The van der Waals surface area contributed by atoms with E-state index in [0.29, 0.717) is 11.4 Å². The van der Waals surface area contributed by atoms with Gasteiger partial charge < -0.3 is 10.6 Å². The second-order valence-electron chi connectivity index (χ2n) is 6.15. The van der Waals surface area contributed by atoms with Crippen LogP contribution in [-0.2, 0) is 16.1 Å². The smallest absolute Gasteiger partial charge is 0.313 e. The summed E-state index contributed by atoms with van der Waals surface area (Å²) < 4.78 is 0. The summed E-state index contributed by atoms with van der Waals surface area (Å²) >= 11 is 0. The van der Waals surface area contributed by atoms with Crippen LogP contribution in [0.4, 0.5) is 5.69 Å². The Kier molecular flexibility index (Phi) is 4.49. The lowest BCUT2D eigenvalue weighted by Crippen LogP contribution is -2.35. The third kappa shape index (κ3) is 3.48. The number of fused-ring (bicyclic) bond motifs is 2. The van der Waals surface area contributed by atoms with Crippen molar-refractivity contribution in [1.29, 1.82) is 0 Å². The fraction of sp³-hybridized carbons (Fsp3) is 0.0455. The highest BCUT2D eigenvalue weighted by Crippen LogP contribution is 2.32. The highest BCUT2D eigenvalue weighted by atomic mass is 16.2. The maximum atomic E-state index is 12.5. The minimum Gasteiger partial charge on any atom is -0.342 e. The van der Waals surface area contributed by atoms with Crippen LogP contribution in [0.25, 0.3) is 21.5 Å². The number of aromatic nitrogens is 1. The molecule has 5 nitrogen and oxygen atoms in total. The first-order valence-corrected chi connectivity index (χ1v) is 8.62. The molecule has 0 atom stereocenters. The van der Waals surface area contributed by atoms with Gasteiger partial charge >= 0.3 is 11.8 Å². The summed E-state index contributed by atoms with van der Waals surface area (Å²) in [4.78, 5) is 28.8. The number of nitrogens with zero attached hydrogens (tertiary/aromatic N) is 1. The number of nitrogens with one attached hydrogen (secondary N) is 2. The Labute approximate surface area is 156 Å². The topological polar surface area (TPSA) is 71.1 Å². The number of amides is 2. The number of carbonyl (C=O) groups excluding carboxylic acids is 2. The first-order valence-electron chi connectivity index (χ1n) is 8.62. The molecular weight excluding hydrogens is 338 g/mol. The van der Waals surface area contributed by atoms with Crippen LogP contribution in [0.5, 0.6) is 0 Å². The standard InChI is InChI=1S/C22H17N3O2/c26-21(24-14-17-9-5-6-12-23-17)22(27)25-20-18-10-3-1-7-15(18)13-16-8-2-4-11-19(16)20/h1-13H,14H2,(H,24,26)(H,25,27). The Morgan fingerprint density at radius 2 is 1.41 bits per heavy atom. The summed E-state index contributed by atoms with van der Waals surface area (Å²) in [6.07, 6.45) is 1.64. The predicted molar refractivity (Wildman–Crippen MR) is 106 cm³/mol. The van der Waals surface area contributed by atoms with Crippen molar-refractivity contribution in [2.45, 2.75) is 6.54 Å². The first kappa shape index (κ1) is 16.7. The van der Waals surface area contributed by atoms with Gasteiger partial charge in [0.2, 0.25) is 0 Å². The van der Waals surface area contributed by atoms with E-state index in [4.69, 9.17) is 0 Å². The van der Waals surface area contributed by atoms with E-state index in [2.05, 4.69) is 21.7 Å². The lowest BCUT2D eigenvalue weighted by Gasteiger charge is -2.13. The molecule has 0 aliphatic rings. The molecule has 5 heteroatoms. The van der Waals surface area contributed by atoms with Crippen molar-refractivity contribution >= 4 is 39.0 Å². The van der Waals surface area contributed by atoms with Crippen molar-refractivity contribution < 1.29 is 9.59 Å². The van der Waals surface area contributed by atoms with Gasteiger partial charge in [-0.05, 0) is 29.0 Å². The molecular formula is C22H17N3O2. The molecule has 1 heterocycles. The minimum atomic E-state index is -0.701. The molecule has 0 spiro atoms. The second kappa shape index (κ2) is 7.25. The maximum absolute atomic E-state index is 12.5. The molecule has 0 saturated carbocycles. The average Bonchev–Trinajstić information content (AvgIpc) is 2.72. The Balaban J connectivity index is 1.61. The fourth-order valence-electron chi connectivity index (χ4n) is 3.07. The summed E-state index contributed by atoms with van der Waals surface area (Å²) in [6, 6.07) is 23.0. The van der Waals surface area contributed by atoms with Crippen LogP contribution < -0.4 is 10.6 Å². The van der Waals surface area contributed by atoms with Gasteiger partial charge in [-0.2, -0.15) is 0 Å². The summed E-state index contributed by atoms with van der Waals surface area (Å²) in [5.74, 6) is -1.40. The zero-order valence-corrected chi connectivity index (χ0v) is 14.5. The Hall–Kier alpha value is -3.73. The summed E-state index contributed by atoms with van der Waals surface area (Å²) in [6.45, 7) is 0.198. The molecule has 2 amide bonds. The van der Waals surface area contributed by atoms with Crippen molar-refractivity contribution in [3.8, 4) is 0 Å². The molecule has 0 aliphatic carbocycles. The van der Waals surface area contributed by atoms with Crippen LogP contribution in [0, 0.1) is 0 Å². The zero-order chi connectivity index (χ0) is 18.6. The van der Waals surface area contributed by atoms with Crippen molar-refractivity contribution in [2.24, 2.45) is 0 Å². The van der Waals surface area contributed by atoms with E-state index in [1.54, 1.807) is 18.3 Å². The van der Waals surface area contributed by atoms with E-state index in [0.717, 1.165) is 21.5 Å². The molecule has 2 N–H and O–H groups in total. The van der Waals surface area contributed by atoms with Crippen LogP contribution in [0.3, 0.4) is 0 Å². The van der Waals surface area contributed by atoms with E-state index in [1.807, 2.05) is 54.6 Å². The zero-order valence-electron chi connectivity index (χ0n) is 14.5. The monoisotopic (exact) mass is 355 g/mol. The largest absolute Gasteiger partial charge is 0.342 e. The molecule has 27 heavy (non-hydrogen) atoms. The van der Waals surface area contributed by atoms with Gasteiger partial charge in [0.25, 0.3) is 0 Å². The van der Waals surface area contributed by atoms with E-state index in [-0.39, 0.29) is 6.54 Å². The summed E-state index contributed by atoms with van der Waals surface area (Å²) in [7, 11) is 0. The van der Waals surface area contributed by atoms with E-state index in [1.165, 1.54) is 0 Å². The van der Waals surface area contributed by atoms with Crippen LogP contribution in [0.2, 0.25) is 0 Å². The molecule has 0 radical (unpaired) electrons. The van der Waals surface area contributed by atoms with Crippen LogP contribution in [0.1, 0.15) is 5.69 Å². The highest BCUT2D eigenvalue weighted by molar-refractivity contribution is 6.41. The molecule has 0 aliphatic heterocycles. The van der Waals surface area contributed by atoms with E-state index < -0.39 is 11.8 Å². The number of carbonyl (C=O) groups is 2. The normalized spacial score (nSPS) is 10.7. The minimum absolute atomic E-state index is 0.198. The number of pyridine rings is 1. The van der Waals surface area contributed by atoms with Gasteiger partial charge in [0.1, 0.15) is 0 Å². The average molecular weight is 355 g/mol. The number of hydrogen-bond donors (Lipinski definition) is 2. The van der Waals surface area contributed by atoms with Gasteiger partial charge in [-0.15, -0.1) is 0 Å². The predicted octanol–water partition coefficient (Wildman–Crippen LogP) is 3.64. The van der Waals surface area contributed by atoms with Gasteiger partial charge in [-0.3, -0.25) is 14.6 Å². The maximum Gasteiger partial charge on any atom is 0.313 e. The Bertz CT molecular complexity index is 1090. The van der Waals surface area contributed by atoms with Gasteiger partial charge in [0.15, 0.2) is 0 Å². The first-order chi connectivity index (χ1) is 13.2. The van der Waals surface area contributed by atoms with Crippen LogP contribution in [0.15, 0.2) is 79.0 Å². The number of benzene rings is 3. The molecule has 132 valence electrons. The van der Waals surface area contributed by atoms with Crippen LogP contribution >= 0.6 is 0 Å². The molecule has 1 aromatic heterocycles. The van der Waals surface area contributed by atoms with E-state index >= 15 is 0 Å². The van der Waals surface area contributed by atoms with Crippen molar-refractivity contribution in [1.82, 2.24) is 10.3 Å². The molecule has 0 fully saturated rings. The summed E-state index contributed by atoms with van der Waals surface area (Å²) in [5, 5.41) is 9.18. The van der Waals surface area contributed by atoms with Gasteiger partial charge in [-0.1, -0.05) is 54.6 Å². The lowest BCUT2D eigenvalue weighted by molar-refractivity contribution is -0.136. The van der Waals surface area contributed by atoms with Crippen LogP contribution in [-0.4, -0.2) is 16.8 Å². The molecule has 0 saturated heterocycles. The number of rotatable bonds is 3. The summed E-state index contributed by atoms with van der Waals surface area (Å²) in [5.41, 5.74) is 1.33. The van der Waals surface area contributed by atoms with Gasteiger partial charge in [0, 0.05) is 17.0 Å².